The Morgan fingerprint density at radius 2 is 1.62 bits per heavy atom. The second kappa shape index (κ2) is 6.84. The predicted octanol–water partition coefficient (Wildman–Crippen LogP) is 3.75. The van der Waals surface area contributed by atoms with Crippen molar-refractivity contribution in [1.82, 2.24) is 10.6 Å². The van der Waals surface area contributed by atoms with Crippen LogP contribution in [0.5, 0.6) is 0 Å². The molecule has 0 bridgehead atoms. The third kappa shape index (κ3) is 5.42. The van der Waals surface area contributed by atoms with E-state index in [1.807, 2.05) is 24.3 Å². The average molecular weight is 423 g/mol. The number of nitrogens with one attached hydrogen (secondary N) is 2. The molecule has 1 fully saturated rings. The summed E-state index contributed by atoms with van der Waals surface area (Å²) in [6, 6.07) is 7.91. The van der Waals surface area contributed by atoms with Gasteiger partial charge in [-0.25, -0.2) is 0 Å². The van der Waals surface area contributed by atoms with E-state index < -0.39 is 0 Å². The van der Waals surface area contributed by atoms with Crippen molar-refractivity contribution in [3.8, 4) is 0 Å². The Bertz CT molecular complexity index is 484. The minimum absolute atomic E-state index is 0. The second-order valence-corrected chi connectivity index (χ2v) is 8.22. The molecule has 1 aliphatic heterocycles. The normalized spacial score (nSPS) is 20.4. The lowest BCUT2D eigenvalue weighted by molar-refractivity contribution is 0.0873. The van der Waals surface area contributed by atoms with Gasteiger partial charge in [-0.3, -0.25) is 4.79 Å². The van der Waals surface area contributed by atoms with Crippen LogP contribution in [-0.4, -0.2) is 23.0 Å². The molecule has 5 heteroatoms. The molecule has 21 heavy (non-hydrogen) atoms. The van der Waals surface area contributed by atoms with E-state index in [9.17, 15) is 4.79 Å². The van der Waals surface area contributed by atoms with Crippen molar-refractivity contribution in [3.05, 3.63) is 33.4 Å². The van der Waals surface area contributed by atoms with Crippen LogP contribution in [0, 0.1) is 3.57 Å². The largest absolute Gasteiger partial charge is 0.349 e. The molecule has 0 saturated carbocycles. The summed E-state index contributed by atoms with van der Waals surface area (Å²) in [5.41, 5.74) is 0.830. The standard InChI is InChI=1S/C16H23IN2O.ClH/c1-15(2)9-13(10-16(3,4)19-15)18-14(20)11-5-7-12(17)8-6-11;/h5-8,13,19H,9-10H2,1-4H3,(H,18,20);1H. The quantitative estimate of drug-likeness (QED) is 0.713. The highest BCUT2D eigenvalue weighted by Gasteiger charge is 2.38. The number of halogens is 2. The lowest BCUT2D eigenvalue weighted by atomic mass is 9.79. The Labute approximate surface area is 147 Å². The van der Waals surface area contributed by atoms with Crippen LogP contribution in [0.15, 0.2) is 24.3 Å². The third-order valence-corrected chi connectivity index (χ3v) is 4.35. The molecule has 0 aromatic heterocycles. The Morgan fingerprint density at radius 3 is 2.10 bits per heavy atom. The highest BCUT2D eigenvalue weighted by atomic mass is 127. The predicted molar refractivity (Wildman–Crippen MR) is 98.2 cm³/mol. The van der Waals surface area contributed by atoms with E-state index in [0.29, 0.717) is 0 Å². The van der Waals surface area contributed by atoms with E-state index in [0.717, 1.165) is 22.0 Å². The van der Waals surface area contributed by atoms with Crippen LogP contribution < -0.4 is 10.6 Å². The number of benzene rings is 1. The molecule has 2 N–H and O–H groups in total. The molecule has 3 nitrogen and oxygen atoms in total. The summed E-state index contributed by atoms with van der Waals surface area (Å²) in [5.74, 6) is 0.0277. The summed E-state index contributed by atoms with van der Waals surface area (Å²) >= 11 is 2.24. The first-order chi connectivity index (χ1) is 9.17. The number of carbonyl (C=O) groups excluding carboxylic acids is 1. The van der Waals surface area contributed by atoms with Crippen LogP contribution in [0.4, 0.5) is 0 Å². The van der Waals surface area contributed by atoms with Gasteiger partial charge in [0.2, 0.25) is 0 Å². The molecule has 0 unspecified atom stereocenters. The Kier molecular flexibility index (Phi) is 6.09. The molecule has 118 valence electrons. The summed E-state index contributed by atoms with van der Waals surface area (Å²) in [4.78, 5) is 12.3. The van der Waals surface area contributed by atoms with E-state index in [4.69, 9.17) is 0 Å². The van der Waals surface area contributed by atoms with E-state index in [1.165, 1.54) is 0 Å². The van der Waals surface area contributed by atoms with Gasteiger partial charge < -0.3 is 10.6 Å². The summed E-state index contributed by atoms with van der Waals surface area (Å²) in [6.45, 7) is 8.77. The van der Waals surface area contributed by atoms with Crippen LogP contribution in [0.25, 0.3) is 0 Å². The van der Waals surface area contributed by atoms with Crippen LogP contribution in [-0.2, 0) is 0 Å². The van der Waals surface area contributed by atoms with Crippen LogP contribution in [0.1, 0.15) is 50.9 Å². The fourth-order valence-electron chi connectivity index (χ4n) is 3.29. The zero-order chi connectivity index (χ0) is 15.0. The van der Waals surface area contributed by atoms with E-state index in [-0.39, 0.29) is 35.4 Å². The summed E-state index contributed by atoms with van der Waals surface area (Å²) in [6.07, 6.45) is 1.90. The van der Waals surface area contributed by atoms with Gasteiger partial charge in [-0.05, 0) is 87.4 Å². The third-order valence-electron chi connectivity index (χ3n) is 3.63. The van der Waals surface area contributed by atoms with Gasteiger partial charge in [0.15, 0.2) is 0 Å². The van der Waals surface area contributed by atoms with Crippen LogP contribution in [0.2, 0.25) is 0 Å². The van der Waals surface area contributed by atoms with Crippen LogP contribution in [0.3, 0.4) is 0 Å². The lowest BCUT2D eigenvalue weighted by Crippen LogP contribution is -2.62. The van der Waals surface area contributed by atoms with Gasteiger partial charge in [0, 0.05) is 26.3 Å². The van der Waals surface area contributed by atoms with Crippen molar-refractivity contribution in [2.45, 2.75) is 57.7 Å². The topological polar surface area (TPSA) is 41.1 Å². The van der Waals surface area contributed by atoms with E-state index >= 15 is 0 Å². The zero-order valence-electron chi connectivity index (χ0n) is 13.0. The molecule has 1 heterocycles. The molecule has 0 radical (unpaired) electrons. The Hall–Kier alpha value is -0.330. The highest BCUT2D eigenvalue weighted by Crippen LogP contribution is 2.28. The number of amides is 1. The van der Waals surface area contributed by atoms with E-state index in [2.05, 4.69) is 60.9 Å². The molecule has 1 saturated heterocycles. The van der Waals surface area contributed by atoms with E-state index in [1.54, 1.807) is 0 Å². The number of carbonyl (C=O) groups is 1. The van der Waals surface area contributed by atoms with Gasteiger partial charge >= 0.3 is 0 Å². The first-order valence-electron chi connectivity index (χ1n) is 7.03. The summed E-state index contributed by atoms with van der Waals surface area (Å²) in [5, 5.41) is 6.81. The highest BCUT2D eigenvalue weighted by molar-refractivity contribution is 14.1. The molecule has 1 aliphatic rings. The van der Waals surface area contributed by atoms with Gasteiger partial charge in [0.05, 0.1) is 0 Å². The maximum Gasteiger partial charge on any atom is 0.251 e. The number of rotatable bonds is 2. The van der Waals surface area contributed by atoms with Crippen molar-refractivity contribution in [2.24, 2.45) is 0 Å². The van der Waals surface area contributed by atoms with Gasteiger partial charge in [-0.2, -0.15) is 0 Å². The smallest absolute Gasteiger partial charge is 0.251 e. The van der Waals surface area contributed by atoms with Crippen molar-refractivity contribution in [3.63, 3.8) is 0 Å². The minimum atomic E-state index is 0. The average Bonchev–Trinajstić information content (AvgIpc) is 2.25. The first-order valence-corrected chi connectivity index (χ1v) is 8.11. The Morgan fingerprint density at radius 1 is 1.14 bits per heavy atom. The fourth-order valence-corrected chi connectivity index (χ4v) is 3.65. The molecular formula is C16H24ClIN2O. The zero-order valence-corrected chi connectivity index (χ0v) is 16.0. The maximum atomic E-state index is 12.3. The second-order valence-electron chi connectivity index (χ2n) is 6.98. The Balaban J connectivity index is 0.00000220. The first kappa shape index (κ1) is 18.7. The van der Waals surface area contributed by atoms with Crippen molar-refractivity contribution in [1.29, 1.82) is 0 Å². The van der Waals surface area contributed by atoms with Gasteiger partial charge in [0.25, 0.3) is 5.91 Å². The lowest BCUT2D eigenvalue weighted by Gasteiger charge is -2.46. The molecule has 0 spiro atoms. The maximum absolute atomic E-state index is 12.3. The number of hydrogen-bond donors (Lipinski definition) is 2. The minimum Gasteiger partial charge on any atom is -0.349 e. The van der Waals surface area contributed by atoms with Crippen molar-refractivity contribution in [2.75, 3.05) is 0 Å². The molecule has 1 aromatic carbocycles. The molecule has 0 aliphatic carbocycles. The van der Waals surface area contributed by atoms with Crippen molar-refractivity contribution >= 4 is 40.9 Å². The molecule has 1 aromatic rings. The summed E-state index contributed by atoms with van der Waals surface area (Å²) in [7, 11) is 0. The monoisotopic (exact) mass is 422 g/mol. The van der Waals surface area contributed by atoms with Crippen molar-refractivity contribution < 1.29 is 4.79 Å². The SMILES string of the molecule is CC1(C)CC(NC(=O)c2ccc(I)cc2)CC(C)(C)N1.Cl. The number of hydrogen-bond acceptors (Lipinski definition) is 2. The summed E-state index contributed by atoms with van der Waals surface area (Å²) < 4.78 is 1.14. The molecule has 0 atom stereocenters. The fraction of sp³-hybridized carbons (Fsp3) is 0.562. The van der Waals surface area contributed by atoms with Crippen LogP contribution >= 0.6 is 35.0 Å². The van der Waals surface area contributed by atoms with Gasteiger partial charge in [-0.15, -0.1) is 12.4 Å². The van der Waals surface area contributed by atoms with Gasteiger partial charge in [-0.1, -0.05) is 0 Å². The van der Waals surface area contributed by atoms with Gasteiger partial charge in [0.1, 0.15) is 0 Å². The molecule has 1 amide bonds. The number of piperidine rings is 1. The molecular weight excluding hydrogens is 399 g/mol. The molecule has 2 rings (SSSR count).